The van der Waals surface area contributed by atoms with E-state index in [9.17, 15) is 0 Å². The van der Waals surface area contributed by atoms with Crippen molar-refractivity contribution in [1.82, 2.24) is 0 Å². The highest BCUT2D eigenvalue weighted by Gasteiger charge is 2.21. The van der Waals surface area contributed by atoms with E-state index in [2.05, 4.69) is 241 Å². The van der Waals surface area contributed by atoms with Crippen LogP contribution < -0.4 is 4.90 Å². The quantitative estimate of drug-likeness (QED) is 0.147. The molecule has 0 aromatic heterocycles. The first-order chi connectivity index (χ1) is 29.3. The molecular formula is C58H39N. The van der Waals surface area contributed by atoms with Gasteiger partial charge in [0.25, 0.3) is 0 Å². The van der Waals surface area contributed by atoms with Crippen molar-refractivity contribution in [2.45, 2.75) is 0 Å². The lowest BCUT2D eigenvalue weighted by atomic mass is 9.84. The molecule has 11 aromatic carbocycles. The summed E-state index contributed by atoms with van der Waals surface area (Å²) in [5, 5.41) is 9.85. The molecular weight excluding hydrogens is 711 g/mol. The Hall–Kier alpha value is -7.74. The number of hydrogen-bond acceptors (Lipinski definition) is 1. The minimum Gasteiger partial charge on any atom is -0.309 e. The third-order valence-corrected chi connectivity index (χ3v) is 11.8. The first-order valence-corrected chi connectivity index (χ1v) is 20.3. The second-order valence-corrected chi connectivity index (χ2v) is 15.2. The lowest BCUT2D eigenvalue weighted by Crippen LogP contribution is -2.11. The van der Waals surface area contributed by atoms with Crippen LogP contribution in [0.1, 0.15) is 0 Å². The van der Waals surface area contributed by atoms with Crippen LogP contribution in [-0.4, -0.2) is 0 Å². The van der Waals surface area contributed by atoms with Gasteiger partial charge in [0.2, 0.25) is 0 Å². The SMILES string of the molecule is c1ccc(-c2ccc(N(c3cccc(-c4ccc5c(c4)c(-c4ccccc4)c(-c4ccccc4)c4ccccc45)c3)c3cccc4ccccc34)c3ccccc23)cc1. The van der Waals surface area contributed by atoms with Gasteiger partial charge < -0.3 is 4.90 Å². The predicted molar refractivity (Wildman–Crippen MR) is 253 cm³/mol. The Bertz CT molecular complexity index is 3310. The molecule has 0 unspecified atom stereocenters. The van der Waals surface area contributed by atoms with E-state index in [1.165, 1.54) is 82.0 Å². The van der Waals surface area contributed by atoms with E-state index in [4.69, 9.17) is 0 Å². The second-order valence-electron chi connectivity index (χ2n) is 15.2. The molecule has 11 aromatic rings. The summed E-state index contributed by atoms with van der Waals surface area (Å²) in [6, 6.07) is 86.3. The Labute approximate surface area is 344 Å². The van der Waals surface area contributed by atoms with Crippen LogP contribution in [0.15, 0.2) is 237 Å². The van der Waals surface area contributed by atoms with Crippen molar-refractivity contribution < 1.29 is 0 Å². The fraction of sp³-hybridized carbons (Fsp3) is 0. The summed E-state index contributed by atoms with van der Waals surface area (Å²) >= 11 is 0. The van der Waals surface area contributed by atoms with E-state index in [1.54, 1.807) is 0 Å². The number of anilines is 3. The van der Waals surface area contributed by atoms with Gasteiger partial charge in [-0.3, -0.25) is 0 Å². The predicted octanol–water partition coefficient (Wildman–Crippen LogP) is 16.4. The van der Waals surface area contributed by atoms with Crippen LogP contribution in [0.5, 0.6) is 0 Å². The van der Waals surface area contributed by atoms with Crippen LogP contribution >= 0.6 is 0 Å². The molecule has 0 bridgehead atoms. The van der Waals surface area contributed by atoms with E-state index < -0.39 is 0 Å². The molecule has 11 rings (SSSR count). The van der Waals surface area contributed by atoms with E-state index in [1.807, 2.05) is 0 Å². The summed E-state index contributed by atoms with van der Waals surface area (Å²) in [4.78, 5) is 2.46. The van der Waals surface area contributed by atoms with Crippen LogP contribution in [0.3, 0.4) is 0 Å². The number of nitrogens with zero attached hydrogens (tertiary/aromatic N) is 1. The van der Waals surface area contributed by atoms with Gasteiger partial charge in [-0.05, 0) is 107 Å². The number of rotatable bonds is 7. The lowest BCUT2D eigenvalue weighted by Gasteiger charge is -2.29. The van der Waals surface area contributed by atoms with Crippen molar-refractivity contribution in [2.75, 3.05) is 4.90 Å². The van der Waals surface area contributed by atoms with Gasteiger partial charge in [-0.25, -0.2) is 0 Å². The molecule has 0 radical (unpaired) electrons. The summed E-state index contributed by atoms with van der Waals surface area (Å²) in [7, 11) is 0. The average molecular weight is 750 g/mol. The molecule has 276 valence electrons. The average Bonchev–Trinajstić information content (AvgIpc) is 3.32. The van der Waals surface area contributed by atoms with Crippen LogP contribution in [-0.2, 0) is 0 Å². The van der Waals surface area contributed by atoms with Crippen molar-refractivity contribution in [3.63, 3.8) is 0 Å². The van der Waals surface area contributed by atoms with Gasteiger partial charge in [-0.1, -0.05) is 206 Å². The Kier molecular flexibility index (Phi) is 8.56. The fourth-order valence-electron chi connectivity index (χ4n) is 9.16. The molecule has 59 heavy (non-hydrogen) atoms. The molecule has 0 aliphatic rings. The van der Waals surface area contributed by atoms with Crippen LogP contribution in [0.2, 0.25) is 0 Å². The molecule has 1 nitrogen and oxygen atoms in total. The van der Waals surface area contributed by atoms with E-state index in [0.717, 1.165) is 22.6 Å². The van der Waals surface area contributed by atoms with E-state index in [-0.39, 0.29) is 0 Å². The van der Waals surface area contributed by atoms with Crippen LogP contribution in [0.4, 0.5) is 17.1 Å². The second kappa shape index (κ2) is 14.6. The maximum atomic E-state index is 2.46. The zero-order valence-corrected chi connectivity index (χ0v) is 32.5. The summed E-state index contributed by atoms with van der Waals surface area (Å²) in [6.07, 6.45) is 0. The minimum absolute atomic E-state index is 1.10. The third kappa shape index (κ3) is 6.04. The maximum Gasteiger partial charge on any atom is 0.0540 e. The standard InChI is InChI=1S/C58H39N/c1-4-18-40(19-5-1)47-36-37-56(52-31-14-12-29-49(47)52)59(55-33-17-25-41-20-10-11-28-48(41)55)46-27-16-26-44(38-46)45-34-35-51-50-30-13-15-32-53(50)57(42-21-6-2-7-22-42)58(54(51)39-45)43-23-8-3-9-24-43/h1-39H. The normalized spacial score (nSPS) is 11.4. The highest BCUT2D eigenvalue weighted by Crippen LogP contribution is 2.47. The van der Waals surface area contributed by atoms with E-state index in [0.29, 0.717) is 0 Å². The first kappa shape index (κ1) is 34.5. The van der Waals surface area contributed by atoms with E-state index >= 15 is 0 Å². The monoisotopic (exact) mass is 749 g/mol. The maximum absolute atomic E-state index is 2.46. The molecule has 0 heterocycles. The van der Waals surface area contributed by atoms with Gasteiger partial charge in [-0.2, -0.15) is 0 Å². The minimum atomic E-state index is 1.10. The Morgan fingerprint density at radius 3 is 1.46 bits per heavy atom. The highest BCUT2D eigenvalue weighted by molar-refractivity contribution is 6.22. The molecule has 0 spiro atoms. The largest absolute Gasteiger partial charge is 0.309 e. The number of hydrogen-bond donors (Lipinski definition) is 0. The van der Waals surface area contributed by atoms with Crippen molar-refractivity contribution in [3.05, 3.63) is 237 Å². The molecule has 1 heteroatoms. The van der Waals surface area contributed by atoms with Crippen molar-refractivity contribution in [1.29, 1.82) is 0 Å². The molecule has 0 fully saturated rings. The number of benzene rings is 11. The number of fused-ring (bicyclic) bond motifs is 5. The zero-order valence-electron chi connectivity index (χ0n) is 32.5. The molecule has 0 saturated carbocycles. The molecule has 0 aliphatic heterocycles. The summed E-state index contributed by atoms with van der Waals surface area (Å²) < 4.78 is 0. The summed E-state index contributed by atoms with van der Waals surface area (Å²) in [5.41, 5.74) is 13.1. The van der Waals surface area contributed by atoms with Gasteiger partial charge in [0.15, 0.2) is 0 Å². The Morgan fingerprint density at radius 2 is 0.729 bits per heavy atom. The van der Waals surface area contributed by atoms with Gasteiger partial charge in [0.1, 0.15) is 0 Å². The van der Waals surface area contributed by atoms with Gasteiger partial charge >= 0.3 is 0 Å². The highest BCUT2D eigenvalue weighted by atomic mass is 15.1. The molecule has 0 N–H and O–H groups in total. The smallest absolute Gasteiger partial charge is 0.0540 e. The Balaban J connectivity index is 1.15. The van der Waals surface area contributed by atoms with Crippen molar-refractivity contribution in [2.24, 2.45) is 0 Å². The lowest BCUT2D eigenvalue weighted by molar-refractivity contribution is 1.31. The summed E-state index contributed by atoms with van der Waals surface area (Å²) in [6.45, 7) is 0. The summed E-state index contributed by atoms with van der Waals surface area (Å²) in [5.74, 6) is 0. The van der Waals surface area contributed by atoms with Crippen molar-refractivity contribution >= 4 is 60.2 Å². The molecule has 0 saturated heterocycles. The van der Waals surface area contributed by atoms with Gasteiger partial charge in [-0.15, -0.1) is 0 Å². The zero-order chi connectivity index (χ0) is 39.1. The van der Waals surface area contributed by atoms with Crippen molar-refractivity contribution in [3.8, 4) is 44.5 Å². The first-order valence-electron chi connectivity index (χ1n) is 20.3. The molecule has 0 amide bonds. The molecule has 0 atom stereocenters. The Morgan fingerprint density at radius 1 is 0.237 bits per heavy atom. The fourth-order valence-corrected chi connectivity index (χ4v) is 9.16. The van der Waals surface area contributed by atoms with Gasteiger partial charge in [0.05, 0.1) is 11.4 Å². The third-order valence-electron chi connectivity index (χ3n) is 11.8. The van der Waals surface area contributed by atoms with Crippen LogP contribution in [0, 0.1) is 0 Å². The van der Waals surface area contributed by atoms with Gasteiger partial charge in [0, 0.05) is 16.5 Å². The topological polar surface area (TPSA) is 3.24 Å². The molecule has 0 aliphatic carbocycles. The van der Waals surface area contributed by atoms with Crippen LogP contribution in [0.25, 0.3) is 87.6 Å².